The summed E-state index contributed by atoms with van der Waals surface area (Å²) in [6.07, 6.45) is 2.07. The highest BCUT2D eigenvalue weighted by Crippen LogP contribution is 2.29. The largest absolute Gasteiger partial charge is 0.214 e. The molecule has 1 fully saturated rings. The molecule has 0 atom stereocenters. The van der Waals surface area contributed by atoms with E-state index in [-0.39, 0.29) is 5.75 Å². The monoisotopic (exact) mass is 255 g/mol. The Kier molecular flexibility index (Phi) is 3.55. The summed E-state index contributed by atoms with van der Waals surface area (Å²) in [5.41, 5.74) is 0. The van der Waals surface area contributed by atoms with Crippen molar-refractivity contribution in [2.45, 2.75) is 25.8 Å². The Hall–Kier alpha value is 0.390. The first-order valence-corrected chi connectivity index (χ1v) is 6.90. The average Bonchev–Trinajstić information content (AvgIpc) is 2.83. The highest BCUT2D eigenvalue weighted by atomic mass is 79.9. The third kappa shape index (κ3) is 2.44. The van der Waals surface area contributed by atoms with Gasteiger partial charge in [0.05, 0.1) is 5.75 Å². The molecule has 3 nitrogen and oxygen atoms in total. The van der Waals surface area contributed by atoms with Gasteiger partial charge in [-0.1, -0.05) is 15.9 Å². The predicted octanol–water partition coefficient (Wildman–Crippen LogP) is 1.20. The van der Waals surface area contributed by atoms with Gasteiger partial charge >= 0.3 is 0 Å². The highest BCUT2D eigenvalue weighted by Gasteiger charge is 2.35. The van der Waals surface area contributed by atoms with E-state index in [9.17, 15) is 8.42 Å². The van der Waals surface area contributed by atoms with Gasteiger partial charge in [-0.3, -0.25) is 0 Å². The SMILES string of the molecule is CCS(=O)(=O)N(CCBr)C1CC1. The Bertz CT molecular complexity index is 236. The number of hydrogen-bond donors (Lipinski definition) is 0. The van der Waals surface area contributed by atoms with Crippen LogP contribution >= 0.6 is 15.9 Å². The van der Waals surface area contributed by atoms with E-state index in [1.54, 1.807) is 11.2 Å². The molecule has 0 amide bonds. The molecule has 1 rings (SSSR count). The minimum Gasteiger partial charge on any atom is -0.212 e. The van der Waals surface area contributed by atoms with Crippen molar-refractivity contribution in [2.24, 2.45) is 0 Å². The molecular weight excluding hydrogens is 242 g/mol. The lowest BCUT2D eigenvalue weighted by Gasteiger charge is -2.19. The summed E-state index contributed by atoms with van der Waals surface area (Å²) in [6.45, 7) is 2.31. The molecule has 0 bridgehead atoms. The van der Waals surface area contributed by atoms with Crippen molar-refractivity contribution < 1.29 is 8.42 Å². The maximum atomic E-state index is 11.5. The van der Waals surface area contributed by atoms with Crippen LogP contribution in [0.2, 0.25) is 0 Å². The molecule has 0 aromatic heterocycles. The van der Waals surface area contributed by atoms with Crippen LogP contribution in [0.25, 0.3) is 0 Å². The van der Waals surface area contributed by atoms with Gasteiger partial charge in [0.25, 0.3) is 0 Å². The third-order valence-electron chi connectivity index (χ3n) is 1.98. The normalized spacial score (nSPS) is 18.6. The van der Waals surface area contributed by atoms with Crippen molar-refractivity contribution in [3.63, 3.8) is 0 Å². The molecule has 0 aliphatic heterocycles. The molecule has 12 heavy (non-hydrogen) atoms. The van der Waals surface area contributed by atoms with Gasteiger partial charge in [0, 0.05) is 17.9 Å². The molecule has 0 N–H and O–H groups in total. The van der Waals surface area contributed by atoms with Crippen LogP contribution in [0, 0.1) is 0 Å². The van der Waals surface area contributed by atoms with Crippen molar-refractivity contribution in [3.8, 4) is 0 Å². The minimum atomic E-state index is -2.96. The van der Waals surface area contributed by atoms with Gasteiger partial charge in [-0.05, 0) is 19.8 Å². The van der Waals surface area contributed by atoms with Crippen LogP contribution in [0.15, 0.2) is 0 Å². The number of rotatable bonds is 5. The van der Waals surface area contributed by atoms with Crippen LogP contribution in [0.3, 0.4) is 0 Å². The number of nitrogens with zero attached hydrogens (tertiary/aromatic N) is 1. The van der Waals surface area contributed by atoms with Gasteiger partial charge in [-0.15, -0.1) is 0 Å². The van der Waals surface area contributed by atoms with Crippen molar-refractivity contribution >= 4 is 26.0 Å². The number of halogens is 1. The lowest BCUT2D eigenvalue weighted by atomic mass is 10.6. The molecule has 72 valence electrons. The van der Waals surface area contributed by atoms with E-state index in [0.717, 1.165) is 18.2 Å². The Balaban J connectivity index is 2.64. The quantitative estimate of drug-likeness (QED) is 0.693. The lowest BCUT2D eigenvalue weighted by molar-refractivity contribution is 0.425. The summed E-state index contributed by atoms with van der Waals surface area (Å²) in [5.74, 6) is 0.219. The Labute approximate surface area is 82.3 Å². The molecule has 1 saturated carbocycles. The first-order valence-electron chi connectivity index (χ1n) is 4.17. The maximum Gasteiger partial charge on any atom is 0.214 e. The Morgan fingerprint density at radius 2 is 2.08 bits per heavy atom. The molecule has 1 aliphatic carbocycles. The van der Waals surface area contributed by atoms with Gasteiger partial charge in [0.2, 0.25) is 10.0 Å². The summed E-state index contributed by atoms with van der Waals surface area (Å²) in [5, 5.41) is 0.725. The zero-order valence-corrected chi connectivity index (χ0v) is 9.57. The van der Waals surface area contributed by atoms with Gasteiger partial charge in [-0.2, -0.15) is 4.31 Å². The fourth-order valence-electron chi connectivity index (χ4n) is 1.16. The van der Waals surface area contributed by atoms with E-state index in [1.807, 2.05) is 0 Å². The van der Waals surface area contributed by atoms with Crippen molar-refractivity contribution in [3.05, 3.63) is 0 Å². The smallest absolute Gasteiger partial charge is 0.212 e. The van der Waals surface area contributed by atoms with Crippen LogP contribution in [-0.2, 0) is 10.0 Å². The van der Waals surface area contributed by atoms with E-state index >= 15 is 0 Å². The van der Waals surface area contributed by atoms with Gasteiger partial charge in [0.1, 0.15) is 0 Å². The molecule has 0 radical (unpaired) electrons. The summed E-state index contributed by atoms with van der Waals surface area (Å²) in [6, 6.07) is 0.299. The van der Waals surface area contributed by atoms with Crippen molar-refractivity contribution in [1.29, 1.82) is 0 Å². The van der Waals surface area contributed by atoms with E-state index in [0.29, 0.717) is 12.6 Å². The first kappa shape index (κ1) is 10.5. The molecule has 5 heteroatoms. The van der Waals surface area contributed by atoms with Crippen LogP contribution in [-0.4, -0.2) is 36.4 Å². The second-order valence-electron chi connectivity index (χ2n) is 2.93. The Morgan fingerprint density at radius 1 is 1.50 bits per heavy atom. The molecule has 0 aromatic carbocycles. The zero-order chi connectivity index (χ0) is 9.19. The minimum absolute atomic E-state index is 0.219. The van der Waals surface area contributed by atoms with Crippen LogP contribution < -0.4 is 0 Å². The van der Waals surface area contributed by atoms with Crippen molar-refractivity contribution in [1.82, 2.24) is 4.31 Å². The summed E-state index contributed by atoms with van der Waals surface area (Å²) in [4.78, 5) is 0. The maximum absolute atomic E-state index is 11.5. The molecule has 0 spiro atoms. The van der Waals surface area contributed by atoms with Crippen molar-refractivity contribution in [2.75, 3.05) is 17.6 Å². The van der Waals surface area contributed by atoms with E-state index in [2.05, 4.69) is 15.9 Å². The summed E-state index contributed by atoms with van der Waals surface area (Å²) >= 11 is 3.26. The summed E-state index contributed by atoms with van der Waals surface area (Å²) < 4.78 is 24.6. The lowest BCUT2D eigenvalue weighted by Crippen LogP contribution is -2.35. The van der Waals surface area contributed by atoms with E-state index < -0.39 is 10.0 Å². The fraction of sp³-hybridized carbons (Fsp3) is 1.00. The molecule has 0 unspecified atom stereocenters. The third-order valence-corrected chi connectivity index (χ3v) is 4.26. The number of sulfonamides is 1. The molecule has 0 heterocycles. The fourth-order valence-corrected chi connectivity index (χ4v) is 3.14. The van der Waals surface area contributed by atoms with Crippen LogP contribution in [0.1, 0.15) is 19.8 Å². The van der Waals surface area contributed by atoms with E-state index in [4.69, 9.17) is 0 Å². The van der Waals surface area contributed by atoms with Crippen LogP contribution in [0.4, 0.5) is 0 Å². The zero-order valence-electron chi connectivity index (χ0n) is 7.16. The first-order chi connectivity index (χ1) is 5.61. The molecule has 1 aliphatic rings. The van der Waals surface area contributed by atoms with Gasteiger partial charge in [0.15, 0.2) is 0 Å². The van der Waals surface area contributed by atoms with Gasteiger partial charge < -0.3 is 0 Å². The van der Waals surface area contributed by atoms with Gasteiger partial charge in [-0.25, -0.2) is 8.42 Å². The molecular formula is C7H14BrNO2S. The molecule has 0 saturated heterocycles. The Morgan fingerprint density at radius 3 is 2.42 bits per heavy atom. The number of alkyl halides is 1. The second-order valence-corrected chi connectivity index (χ2v) is 5.93. The van der Waals surface area contributed by atoms with E-state index in [1.165, 1.54) is 0 Å². The second kappa shape index (κ2) is 4.07. The predicted molar refractivity (Wildman–Crippen MR) is 53.0 cm³/mol. The topological polar surface area (TPSA) is 37.4 Å². The standard InChI is InChI=1S/C7H14BrNO2S/c1-2-12(10,11)9(6-5-8)7-3-4-7/h7H,2-6H2,1H3. The molecule has 0 aromatic rings. The van der Waals surface area contributed by atoms with Crippen LogP contribution in [0.5, 0.6) is 0 Å². The average molecular weight is 256 g/mol. The summed E-state index contributed by atoms with van der Waals surface area (Å²) in [7, 11) is -2.96. The highest BCUT2D eigenvalue weighted by molar-refractivity contribution is 9.09. The number of hydrogen-bond acceptors (Lipinski definition) is 2.